The number of hydrogen-bond acceptors (Lipinski definition) is 8. The Morgan fingerprint density at radius 2 is 2.20 bits per heavy atom. The molecule has 0 amide bonds. The molecule has 3 heterocycles. The highest BCUT2D eigenvalue weighted by atomic mass is 32.1. The van der Waals surface area contributed by atoms with Crippen molar-refractivity contribution >= 4 is 16.7 Å². The van der Waals surface area contributed by atoms with Crippen LogP contribution in [0.4, 0.5) is 5.13 Å². The summed E-state index contributed by atoms with van der Waals surface area (Å²) in [7, 11) is 0. The number of nitrogens with zero attached hydrogens (tertiary/aromatic N) is 5. The van der Waals surface area contributed by atoms with Crippen molar-refractivity contribution in [3.05, 3.63) is 17.5 Å². The maximum atomic E-state index is 9.95. The summed E-state index contributed by atoms with van der Waals surface area (Å²) >= 11 is 1.39. The second-order valence-electron chi connectivity index (χ2n) is 5.45. The third kappa shape index (κ3) is 2.08. The van der Waals surface area contributed by atoms with Gasteiger partial charge >= 0.3 is 0 Å². The number of aromatic nitrogens is 4. The second kappa shape index (κ2) is 4.49. The van der Waals surface area contributed by atoms with Gasteiger partial charge in [-0.3, -0.25) is 0 Å². The predicted molar refractivity (Wildman–Crippen MR) is 71.6 cm³/mol. The SMILES string of the molecule is Cc1noc([C@H]2C[C@@H](O)CN2c2nc(C3CC3)ns2)n1. The molecule has 1 aliphatic carbocycles. The summed E-state index contributed by atoms with van der Waals surface area (Å²) in [4.78, 5) is 10.9. The maximum Gasteiger partial charge on any atom is 0.249 e. The number of anilines is 1. The highest BCUT2D eigenvalue weighted by Crippen LogP contribution is 2.42. The fraction of sp³-hybridized carbons (Fsp3) is 0.667. The molecular formula is C12H15N5O2S. The van der Waals surface area contributed by atoms with Gasteiger partial charge in [0, 0.05) is 30.4 Å². The van der Waals surface area contributed by atoms with Crippen molar-refractivity contribution in [1.29, 1.82) is 0 Å². The molecule has 0 spiro atoms. The van der Waals surface area contributed by atoms with Crippen molar-refractivity contribution in [3.63, 3.8) is 0 Å². The van der Waals surface area contributed by atoms with Gasteiger partial charge in [-0.25, -0.2) is 4.98 Å². The van der Waals surface area contributed by atoms with E-state index in [0.717, 1.165) is 11.0 Å². The number of rotatable bonds is 3. The highest BCUT2D eigenvalue weighted by Gasteiger charge is 2.38. The molecule has 2 fully saturated rings. The van der Waals surface area contributed by atoms with E-state index in [9.17, 15) is 5.11 Å². The van der Waals surface area contributed by atoms with Crippen LogP contribution in [0.2, 0.25) is 0 Å². The lowest BCUT2D eigenvalue weighted by atomic mass is 10.2. The van der Waals surface area contributed by atoms with Crippen LogP contribution in [0.25, 0.3) is 0 Å². The molecule has 2 aromatic rings. The van der Waals surface area contributed by atoms with E-state index in [1.54, 1.807) is 6.92 Å². The van der Waals surface area contributed by atoms with Crippen LogP contribution in [0.5, 0.6) is 0 Å². The van der Waals surface area contributed by atoms with Gasteiger partial charge in [0.15, 0.2) is 5.82 Å². The Morgan fingerprint density at radius 3 is 2.90 bits per heavy atom. The number of hydrogen-bond donors (Lipinski definition) is 1. The van der Waals surface area contributed by atoms with E-state index in [1.807, 2.05) is 4.90 Å². The van der Waals surface area contributed by atoms with Gasteiger partial charge in [0.25, 0.3) is 0 Å². The van der Waals surface area contributed by atoms with Gasteiger partial charge < -0.3 is 14.5 Å². The Hall–Kier alpha value is -1.54. The van der Waals surface area contributed by atoms with Crippen LogP contribution in [-0.2, 0) is 0 Å². The van der Waals surface area contributed by atoms with E-state index in [-0.39, 0.29) is 6.04 Å². The Balaban J connectivity index is 1.63. The van der Waals surface area contributed by atoms with Crippen LogP contribution in [0, 0.1) is 6.92 Å². The van der Waals surface area contributed by atoms with Gasteiger partial charge in [0.2, 0.25) is 11.0 Å². The first-order valence-corrected chi connectivity index (χ1v) is 7.56. The normalized spacial score (nSPS) is 26.4. The molecule has 20 heavy (non-hydrogen) atoms. The Labute approximate surface area is 119 Å². The van der Waals surface area contributed by atoms with Gasteiger partial charge in [-0.05, 0) is 19.8 Å². The largest absolute Gasteiger partial charge is 0.391 e. The lowest BCUT2D eigenvalue weighted by Gasteiger charge is -2.19. The van der Waals surface area contributed by atoms with Crippen molar-refractivity contribution in [2.45, 2.75) is 44.2 Å². The first-order valence-electron chi connectivity index (χ1n) is 6.79. The fourth-order valence-electron chi connectivity index (χ4n) is 2.56. The average molecular weight is 293 g/mol. The summed E-state index contributed by atoms with van der Waals surface area (Å²) in [6, 6.07) is -0.105. The molecule has 2 aromatic heterocycles. The minimum Gasteiger partial charge on any atom is -0.391 e. The third-order valence-corrected chi connectivity index (χ3v) is 4.49. The zero-order chi connectivity index (χ0) is 13.7. The van der Waals surface area contributed by atoms with E-state index in [1.165, 1.54) is 24.4 Å². The summed E-state index contributed by atoms with van der Waals surface area (Å²) < 4.78 is 9.68. The van der Waals surface area contributed by atoms with Crippen molar-refractivity contribution in [2.24, 2.45) is 0 Å². The molecule has 106 valence electrons. The summed E-state index contributed by atoms with van der Waals surface area (Å²) in [5.74, 6) is 2.63. The van der Waals surface area contributed by atoms with Gasteiger partial charge in [-0.15, -0.1) is 0 Å². The molecule has 0 radical (unpaired) electrons. The Bertz CT molecular complexity index is 623. The average Bonchev–Trinajstić information content (AvgIpc) is 2.86. The van der Waals surface area contributed by atoms with E-state index >= 15 is 0 Å². The molecule has 0 unspecified atom stereocenters. The zero-order valence-corrected chi connectivity index (χ0v) is 11.9. The van der Waals surface area contributed by atoms with E-state index in [4.69, 9.17) is 4.52 Å². The first kappa shape index (κ1) is 12.2. The molecule has 2 atom stereocenters. The van der Waals surface area contributed by atoms with E-state index in [0.29, 0.717) is 30.6 Å². The molecule has 7 nitrogen and oxygen atoms in total. The van der Waals surface area contributed by atoms with E-state index in [2.05, 4.69) is 19.5 Å². The summed E-state index contributed by atoms with van der Waals surface area (Å²) in [6.45, 7) is 2.32. The second-order valence-corrected chi connectivity index (χ2v) is 6.18. The van der Waals surface area contributed by atoms with Crippen LogP contribution >= 0.6 is 11.5 Å². The minimum atomic E-state index is -0.402. The van der Waals surface area contributed by atoms with Crippen molar-refractivity contribution in [1.82, 2.24) is 19.5 Å². The Kier molecular flexibility index (Phi) is 2.74. The maximum absolute atomic E-state index is 9.95. The lowest BCUT2D eigenvalue weighted by Crippen LogP contribution is -2.24. The zero-order valence-electron chi connectivity index (χ0n) is 11.1. The summed E-state index contributed by atoms with van der Waals surface area (Å²) in [6.07, 6.45) is 2.55. The van der Waals surface area contributed by atoms with E-state index < -0.39 is 6.10 Å². The monoisotopic (exact) mass is 293 g/mol. The molecule has 2 aliphatic rings. The molecular weight excluding hydrogens is 278 g/mol. The predicted octanol–water partition coefficient (Wildman–Crippen LogP) is 1.42. The summed E-state index contributed by atoms with van der Waals surface area (Å²) in [5, 5.41) is 14.6. The molecule has 1 N–H and O–H groups in total. The van der Waals surface area contributed by atoms with Crippen LogP contribution in [0.15, 0.2) is 4.52 Å². The van der Waals surface area contributed by atoms with Gasteiger partial charge in [0.05, 0.1) is 6.10 Å². The highest BCUT2D eigenvalue weighted by molar-refractivity contribution is 7.09. The fourth-order valence-corrected chi connectivity index (χ4v) is 3.36. The number of aliphatic hydroxyl groups excluding tert-OH is 1. The topological polar surface area (TPSA) is 88.2 Å². The van der Waals surface area contributed by atoms with Crippen LogP contribution < -0.4 is 4.90 Å². The standard InChI is InChI=1S/C12H15N5O2S/c1-6-13-11(19-15-6)9-4-8(18)5-17(9)12-14-10(16-20-12)7-2-3-7/h7-9,18H,2-5H2,1H3/t8-,9-/m1/s1. The smallest absolute Gasteiger partial charge is 0.249 e. The Morgan fingerprint density at radius 1 is 1.35 bits per heavy atom. The molecule has 0 aromatic carbocycles. The third-order valence-electron chi connectivity index (χ3n) is 3.73. The molecule has 1 aliphatic heterocycles. The van der Waals surface area contributed by atoms with Gasteiger partial charge in [0.1, 0.15) is 11.9 Å². The summed E-state index contributed by atoms with van der Waals surface area (Å²) in [5.41, 5.74) is 0. The first-order chi connectivity index (χ1) is 9.70. The molecule has 0 bridgehead atoms. The van der Waals surface area contributed by atoms with Gasteiger partial charge in [-0.2, -0.15) is 9.36 Å². The molecule has 1 saturated carbocycles. The van der Waals surface area contributed by atoms with Crippen LogP contribution in [-0.4, -0.2) is 37.3 Å². The quantitative estimate of drug-likeness (QED) is 0.915. The van der Waals surface area contributed by atoms with Crippen LogP contribution in [0.3, 0.4) is 0 Å². The van der Waals surface area contributed by atoms with Gasteiger partial charge in [-0.1, -0.05) is 5.16 Å². The number of aryl methyl sites for hydroxylation is 1. The van der Waals surface area contributed by atoms with Crippen molar-refractivity contribution in [2.75, 3.05) is 11.4 Å². The van der Waals surface area contributed by atoms with Crippen molar-refractivity contribution in [3.8, 4) is 0 Å². The number of aliphatic hydroxyl groups is 1. The minimum absolute atomic E-state index is 0.105. The molecule has 4 rings (SSSR count). The molecule has 8 heteroatoms. The van der Waals surface area contributed by atoms with Crippen molar-refractivity contribution < 1.29 is 9.63 Å². The lowest BCUT2D eigenvalue weighted by molar-refractivity contribution is 0.191. The van der Waals surface area contributed by atoms with Crippen LogP contribution in [0.1, 0.15) is 48.8 Å². The molecule has 1 saturated heterocycles. The number of β-amino-alcohol motifs (C(OH)–C–C–N with tert-alkyl or cyclic N) is 1.